The maximum atomic E-state index is 5.92. The van der Waals surface area contributed by atoms with Crippen LogP contribution in [0, 0.1) is 5.92 Å². The highest BCUT2D eigenvalue weighted by molar-refractivity contribution is 5.78. The fourth-order valence-electron chi connectivity index (χ4n) is 2.92. The summed E-state index contributed by atoms with van der Waals surface area (Å²) in [5.41, 5.74) is 5.92. The lowest BCUT2D eigenvalue weighted by atomic mass is 9.96. The topological polar surface area (TPSA) is 50.4 Å². The number of nitrogens with one attached hydrogen (secondary N) is 1. The summed E-state index contributed by atoms with van der Waals surface area (Å²) in [5.74, 6) is 1.48. The van der Waals surface area contributed by atoms with E-state index in [9.17, 15) is 0 Å². The largest absolute Gasteiger partial charge is 0.370 e. The Morgan fingerprint density at radius 2 is 1.62 bits per heavy atom. The molecule has 0 spiro atoms. The van der Waals surface area contributed by atoms with Crippen molar-refractivity contribution in [1.82, 2.24) is 5.32 Å². The van der Waals surface area contributed by atoms with E-state index in [2.05, 4.69) is 10.3 Å². The molecule has 0 atom stereocenters. The smallest absolute Gasteiger partial charge is 0.188 e. The monoisotopic (exact) mass is 223 g/mol. The highest BCUT2D eigenvalue weighted by Crippen LogP contribution is 2.24. The molecule has 0 heterocycles. The predicted octanol–water partition coefficient (Wildman–Crippen LogP) is 2.41. The van der Waals surface area contributed by atoms with Gasteiger partial charge in [0.1, 0.15) is 0 Å². The van der Waals surface area contributed by atoms with Crippen LogP contribution in [0.3, 0.4) is 0 Å². The van der Waals surface area contributed by atoms with Crippen molar-refractivity contribution >= 4 is 5.96 Å². The molecule has 2 aliphatic carbocycles. The first-order valence-electron chi connectivity index (χ1n) is 6.91. The van der Waals surface area contributed by atoms with Crippen LogP contribution in [0.2, 0.25) is 0 Å². The molecule has 0 saturated heterocycles. The molecule has 0 aromatic heterocycles. The van der Waals surface area contributed by atoms with Crippen molar-refractivity contribution < 1.29 is 0 Å². The Bertz CT molecular complexity index is 225. The summed E-state index contributed by atoms with van der Waals surface area (Å²) >= 11 is 0. The maximum Gasteiger partial charge on any atom is 0.188 e. The van der Waals surface area contributed by atoms with Crippen LogP contribution in [0.4, 0.5) is 0 Å². The lowest BCUT2D eigenvalue weighted by molar-refractivity contribution is 0.412. The number of nitrogens with zero attached hydrogens (tertiary/aromatic N) is 1. The molecule has 0 aromatic rings. The molecule has 16 heavy (non-hydrogen) atoms. The van der Waals surface area contributed by atoms with Gasteiger partial charge in [-0.2, -0.15) is 0 Å². The maximum absolute atomic E-state index is 5.92. The van der Waals surface area contributed by atoms with Gasteiger partial charge in [0.15, 0.2) is 5.96 Å². The lowest BCUT2D eigenvalue weighted by Gasteiger charge is -2.23. The van der Waals surface area contributed by atoms with Gasteiger partial charge in [-0.05, 0) is 31.6 Å². The van der Waals surface area contributed by atoms with Gasteiger partial charge < -0.3 is 11.1 Å². The fourth-order valence-corrected chi connectivity index (χ4v) is 2.92. The molecule has 2 fully saturated rings. The first-order chi connectivity index (χ1) is 7.84. The van der Waals surface area contributed by atoms with Gasteiger partial charge in [-0.15, -0.1) is 0 Å². The summed E-state index contributed by atoms with van der Waals surface area (Å²) in [4.78, 5) is 4.48. The molecule has 3 N–H and O–H groups in total. The Morgan fingerprint density at radius 3 is 2.31 bits per heavy atom. The van der Waals surface area contributed by atoms with Crippen molar-refractivity contribution in [2.45, 2.75) is 63.8 Å². The number of rotatable bonds is 3. The van der Waals surface area contributed by atoms with Crippen molar-refractivity contribution in [3.8, 4) is 0 Å². The molecule has 3 heteroatoms. The zero-order valence-electron chi connectivity index (χ0n) is 10.3. The Morgan fingerprint density at radius 1 is 1.00 bits per heavy atom. The minimum atomic E-state index is 0.584. The molecular weight excluding hydrogens is 198 g/mol. The van der Waals surface area contributed by atoms with Gasteiger partial charge in [-0.25, -0.2) is 0 Å². The summed E-state index contributed by atoms with van der Waals surface area (Å²) in [6.07, 6.45) is 12.1. The second-order valence-electron chi connectivity index (χ2n) is 5.36. The average Bonchev–Trinajstić information content (AvgIpc) is 2.81. The van der Waals surface area contributed by atoms with Crippen LogP contribution in [0.5, 0.6) is 0 Å². The third-order valence-corrected chi connectivity index (χ3v) is 3.95. The van der Waals surface area contributed by atoms with Gasteiger partial charge >= 0.3 is 0 Å². The van der Waals surface area contributed by atoms with Crippen molar-refractivity contribution in [2.75, 3.05) is 6.54 Å². The van der Waals surface area contributed by atoms with Crippen LogP contribution in [-0.4, -0.2) is 18.5 Å². The molecule has 2 aliphatic rings. The van der Waals surface area contributed by atoms with Crippen LogP contribution in [-0.2, 0) is 0 Å². The highest BCUT2D eigenvalue weighted by atomic mass is 15.1. The zero-order valence-corrected chi connectivity index (χ0v) is 10.3. The van der Waals surface area contributed by atoms with E-state index in [4.69, 9.17) is 5.73 Å². The molecule has 3 nitrogen and oxygen atoms in total. The van der Waals surface area contributed by atoms with Gasteiger partial charge in [0, 0.05) is 12.6 Å². The van der Waals surface area contributed by atoms with E-state index in [1.165, 1.54) is 57.8 Å². The van der Waals surface area contributed by atoms with Crippen molar-refractivity contribution in [2.24, 2.45) is 16.6 Å². The molecule has 0 radical (unpaired) electrons. The van der Waals surface area contributed by atoms with Crippen LogP contribution >= 0.6 is 0 Å². The van der Waals surface area contributed by atoms with Gasteiger partial charge in [-0.1, -0.05) is 32.1 Å². The van der Waals surface area contributed by atoms with Gasteiger partial charge in [0.25, 0.3) is 0 Å². The highest BCUT2D eigenvalue weighted by Gasteiger charge is 2.15. The average molecular weight is 223 g/mol. The standard InChI is InChI=1S/C13H25N3/c14-13(15-10-11-6-4-5-7-11)16-12-8-2-1-3-9-12/h11-12H,1-10H2,(H3,14,15,16). The van der Waals surface area contributed by atoms with Gasteiger partial charge in [0.05, 0.1) is 0 Å². The van der Waals surface area contributed by atoms with Crippen molar-refractivity contribution in [1.29, 1.82) is 0 Å². The molecule has 0 amide bonds. The summed E-state index contributed by atoms with van der Waals surface area (Å²) in [6, 6.07) is 0.584. The van der Waals surface area contributed by atoms with E-state index in [1.807, 2.05) is 0 Å². The molecule has 0 bridgehead atoms. The first kappa shape index (κ1) is 11.7. The quantitative estimate of drug-likeness (QED) is 0.570. The van der Waals surface area contributed by atoms with Gasteiger partial charge in [0.2, 0.25) is 0 Å². The van der Waals surface area contributed by atoms with Gasteiger partial charge in [-0.3, -0.25) is 4.99 Å². The third-order valence-electron chi connectivity index (χ3n) is 3.95. The summed E-state index contributed by atoms with van der Waals surface area (Å²) in [6.45, 7) is 0.936. The Hall–Kier alpha value is -0.730. The number of hydrogen-bond donors (Lipinski definition) is 2. The zero-order chi connectivity index (χ0) is 11.2. The summed E-state index contributed by atoms with van der Waals surface area (Å²) < 4.78 is 0. The first-order valence-corrected chi connectivity index (χ1v) is 6.91. The van der Waals surface area contributed by atoms with E-state index in [1.54, 1.807) is 0 Å². The number of aliphatic imine (C=N–C) groups is 1. The number of nitrogens with two attached hydrogens (primary N) is 1. The van der Waals surface area contributed by atoms with E-state index >= 15 is 0 Å². The van der Waals surface area contributed by atoms with E-state index < -0.39 is 0 Å². The van der Waals surface area contributed by atoms with Crippen molar-refractivity contribution in [3.63, 3.8) is 0 Å². The molecule has 0 aliphatic heterocycles. The Balaban J connectivity index is 1.68. The molecule has 2 rings (SSSR count). The molecular formula is C13H25N3. The number of guanidine groups is 1. The molecule has 0 unspecified atom stereocenters. The molecule has 0 aromatic carbocycles. The van der Waals surface area contributed by atoms with Crippen LogP contribution < -0.4 is 11.1 Å². The molecule has 92 valence electrons. The Kier molecular flexibility index (Phi) is 4.49. The SMILES string of the molecule is NC(=NCC1CCCC1)NC1CCCCC1. The minimum Gasteiger partial charge on any atom is -0.370 e. The van der Waals surface area contributed by atoms with E-state index in [-0.39, 0.29) is 0 Å². The Labute approximate surface area is 98.9 Å². The van der Waals surface area contributed by atoms with E-state index in [0.29, 0.717) is 12.0 Å². The predicted molar refractivity (Wildman–Crippen MR) is 68.5 cm³/mol. The van der Waals surface area contributed by atoms with Crippen molar-refractivity contribution in [3.05, 3.63) is 0 Å². The third kappa shape index (κ3) is 3.69. The van der Waals surface area contributed by atoms with Crippen LogP contribution in [0.15, 0.2) is 4.99 Å². The second kappa shape index (κ2) is 6.12. The number of hydrogen-bond acceptors (Lipinski definition) is 1. The lowest BCUT2D eigenvalue weighted by Crippen LogP contribution is -2.41. The normalized spacial score (nSPS) is 24.9. The fraction of sp³-hybridized carbons (Fsp3) is 0.923. The van der Waals surface area contributed by atoms with E-state index in [0.717, 1.165) is 12.5 Å². The van der Waals surface area contributed by atoms with Crippen LogP contribution in [0.1, 0.15) is 57.8 Å². The summed E-state index contributed by atoms with van der Waals surface area (Å²) in [7, 11) is 0. The second-order valence-corrected chi connectivity index (χ2v) is 5.36. The minimum absolute atomic E-state index is 0.584. The van der Waals surface area contributed by atoms with Crippen LogP contribution in [0.25, 0.3) is 0 Å². The summed E-state index contributed by atoms with van der Waals surface area (Å²) in [5, 5.41) is 3.37. The molecule has 2 saturated carbocycles.